The largest absolute Gasteiger partial charge is 0.367 e. The van der Waals surface area contributed by atoms with Gasteiger partial charge < -0.3 is 10.2 Å². The molecule has 5 rings (SSSR count). The van der Waals surface area contributed by atoms with E-state index in [2.05, 4.69) is 74.7 Å². The van der Waals surface area contributed by atoms with E-state index in [4.69, 9.17) is 0 Å². The third kappa shape index (κ3) is 3.90. The highest BCUT2D eigenvalue weighted by Crippen LogP contribution is 2.31. The van der Waals surface area contributed by atoms with Crippen LogP contribution in [0, 0.1) is 0 Å². The summed E-state index contributed by atoms with van der Waals surface area (Å²) in [6.45, 7) is 0.802. The van der Waals surface area contributed by atoms with E-state index in [0.717, 1.165) is 29.1 Å². The van der Waals surface area contributed by atoms with E-state index in [-0.39, 0.29) is 0 Å². The van der Waals surface area contributed by atoms with Gasteiger partial charge in [-0.1, -0.05) is 30.3 Å². The number of benzene rings is 2. The van der Waals surface area contributed by atoms with E-state index < -0.39 is 0 Å². The highest BCUT2D eigenvalue weighted by molar-refractivity contribution is 5.92. The Morgan fingerprint density at radius 3 is 2.66 bits per heavy atom. The Balaban J connectivity index is 1.44. The Bertz CT molecular complexity index is 1140. The number of nitrogens with zero attached hydrogens (tertiary/aromatic N) is 4. The fourth-order valence-corrected chi connectivity index (χ4v) is 3.56. The van der Waals surface area contributed by atoms with Crippen molar-refractivity contribution in [1.82, 2.24) is 15.0 Å². The van der Waals surface area contributed by atoms with Crippen LogP contribution in [0.5, 0.6) is 0 Å². The van der Waals surface area contributed by atoms with E-state index in [1.807, 2.05) is 24.4 Å². The summed E-state index contributed by atoms with van der Waals surface area (Å²) < 4.78 is 0. The number of aromatic nitrogens is 3. The van der Waals surface area contributed by atoms with E-state index in [9.17, 15) is 0 Å². The lowest BCUT2D eigenvalue weighted by atomic mass is 10.0. The molecule has 0 unspecified atom stereocenters. The molecular weight excluding hydrogens is 358 g/mol. The molecule has 1 N–H and O–H groups in total. The first-order chi connectivity index (χ1) is 14.3. The average Bonchev–Trinajstić information content (AvgIpc) is 3.59. The van der Waals surface area contributed by atoms with Gasteiger partial charge >= 0.3 is 0 Å². The SMILES string of the molecule is CN(Cc1cccc(-c2ccc3ncnc(NC4CC4)c3c2)c1)c1ccccn1. The molecular formula is C24H23N5. The summed E-state index contributed by atoms with van der Waals surface area (Å²) in [4.78, 5) is 15.5. The molecule has 1 fully saturated rings. The summed E-state index contributed by atoms with van der Waals surface area (Å²) >= 11 is 0. The molecule has 0 saturated heterocycles. The number of fused-ring (bicyclic) bond motifs is 1. The van der Waals surface area contributed by atoms with Gasteiger partial charge in [-0.3, -0.25) is 0 Å². The molecule has 0 spiro atoms. The highest BCUT2D eigenvalue weighted by atomic mass is 15.2. The second-order valence-corrected chi connectivity index (χ2v) is 7.62. The molecule has 5 heteroatoms. The summed E-state index contributed by atoms with van der Waals surface area (Å²) in [6, 6.07) is 21.6. The van der Waals surface area contributed by atoms with Crippen molar-refractivity contribution in [2.24, 2.45) is 0 Å². The first kappa shape index (κ1) is 17.6. The Morgan fingerprint density at radius 2 is 1.83 bits per heavy atom. The smallest absolute Gasteiger partial charge is 0.137 e. The second-order valence-electron chi connectivity index (χ2n) is 7.62. The van der Waals surface area contributed by atoms with Crippen LogP contribution in [0.4, 0.5) is 11.6 Å². The first-order valence-corrected chi connectivity index (χ1v) is 9.99. The van der Waals surface area contributed by atoms with Crippen LogP contribution in [0.25, 0.3) is 22.0 Å². The minimum atomic E-state index is 0.558. The van der Waals surface area contributed by atoms with Crippen molar-refractivity contribution in [1.29, 1.82) is 0 Å². The number of pyridine rings is 1. The van der Waals surface area contributed by atoms with Crippen molar-refractivity contribution in [3.63, 3.8) is 0 Å². The van der Waals surface area contributed by atoms with Crippen LogP contribution in [0.2, 0.25) is 0 Å². The molecule has 29 heavy (non-hydrogen) atoms. The minimum absolute atomic E-state index is 0.558. The Labute approximate surface area is 170 Å². The zero-order chi connectivity index (χ0) is 19.6. The van der Waals surface area contributed by atoms with Crippen LogP contribution in [0.15, 0.2) is 73.2 Å². The van der Waals surface area contributed by atoms with Gasteiger partial charge in [0.25, 0.3) is 0 Å². The lowest BCUT2D eigenvalue weighted by Crippen LogP contribution is -2.17. The van der Waals surface area contributed by atoms with E-state index in [0.29, 0.717) is 6.04 Å². The Morgan fingerprint density at radius 1 is 0.931 bits per heavy atom. The number of nitrogens with one attached hydrogen (secondary N) is 1. The molecule has 1 saturated carbocycles. The fraction of sp³-hybridized carbons (Fsp3) is 0.208. The van der Waals surface area contributed by atoms with Gasteiger partial charge in [-0.15, -0.1) is 0 Å². The molecule has 1 aliphatic rings. The third-order valence-electron chi connectivity index (χ3n) is 5.27. The van der Waals surface area contributed by atoms with Gasteiger partial charge in [-0.05, 0) is 59.9 Å². The molecule has 0 amide bonds. The maximum Gasteiger partial charge on any atom is 0.137 e. The van der Waals surface area contributed by atoms with Gasteiger partial charge in [-0.25, -0.2) is 15.0 Å². The number of anilines is 2. The minimum Gasteiger partial charge on any atom is -0.367 e. The van der Waals surface area contributed by atoms with Crippen LogP contribution >= 0.6 is 0 Å². The first-order valence-electron chi connectivity index (χ1n) is 9.99. The predicted molar refractivity (Wildman–Crippen MR) is 118 cm³/mol. The van der Waals surface area contributed by atoms with Crippen molar-refractivity contribution in [2.45, 2.75) is 25.4 Å². The summed E-state index contributed by atoms with van der Waals surface area (Å²) in [5.74, 6) is 1.90. The molecule has 0 aliphatic heterocycles. The molecule has 2 aromatic carbocycles. The van der Waals surface area contributed by atoms with Gasteiger partial charge in [0.1, 0.15) is 18.0 Å². The van der Waals surface area contributed by atoms with Crippen molar-refractivity contribution in [2.75, 3.05) is 17.3 Å². The normalized spacial score (nSPS) is 13.4. The van der Waals surface area contributed by atoms with Gasteiger partial charge in [0.05, 0.1) is 5.52 Å². The molecule has 2 heterocycles. The fourth-order valence-electron chi connectivity index (χ4n) is 3.56. The highest BCUT2D eigenvalue weighted by Gasteiger charge is 2.22. The third-order valence-corrected chi connectivity index (χ3v) is 5.27. The quantitative estimate of drug-likeness (QED) is 0.515. The van der Waals surface area contributed by atoms with Crippen LogP contribution in [-0.2, 0) is 6.54 Å². The topological polar surface area (TPSA) is 53.9 Å². The van der Waals surface area contributed by atoms with Crippen molar-refractivity contribution >= 4 is 22.5 Å². The van der Waals surface area contributed by atoms with Gasteiger partial charge in [0.2, 0.25) is 0 Å². The lowest BCUT2D eigenvalue weighted by Gasteiger charge is -2.18. The maximum atomic E-state index is 4.48. The number of hydrogen-bond acceptors (Lipinski definition) is 5. The average molecular weight is 381 g/mol. The Hall–Kier alpha value is -3.47. The number of hydrogen-bond donors (Lipinski definition) is 1. The van der Waals surface area contributed by atoms with Crippen LogP contribution in [0.3, 0.4) is 0 Å². The van der Waals surface area contributed by atoms with Crippen LogP contribution in [-0.4, -0.2) is 28.0 Å². The van der Waals surface area contributed by atoms with Gasteiger partial charge in [0.15, 0.2) is 0 Å². The van der Waals surface area contributed by atoms with Crippen molar-refractivity contribution < 1.29 is 0 Å². The summed E-state index contributed by atoms with van der Waals surface area (Å²) in [6.07, 6.45) is 5.90. The molecule has 5 nitrogen and oxygen atoms in total. The zero-order valence-electron chi connectivity index (χ0n) is 16.4. The second kappa shape index (κ2) is 7.51. The molecule has 4 aromatic rings. The van der Waals surface area contributed by atoms with Crippen molar-refractivity contribution in [3.8, 4) is 11.1 Å². The lowest BCUT2D eigenvalue weighted by molar-refractivity contribution is 0.898. The predicted octanol–water partition coefficient (Wildman–Crippen LogP) is 4.90. The molecule has 0 bridgehead atoms. The van der Waals surface area contributed by atoms with Crippen LogP contribution in [0.1, 0.15) is 18.4 Å². The van der Waals surface area contributed by atoms with Crippen molar-refractivity contribution in [3.05, 3.63) is 78.8 Å². The zero-order valence-corrected chi connectivity index (χ0v) is 16.4. The van der Waals surface area contributed by atoms with E-state index in [1.54, 1.807) is 6.33 Å². The molecule has 1 aliphatic carbocycles. The number of rotatable bonds is 6. The molecule has 0 atom stereocenters. The summed E-state index contributed by atoms with van der Waals surface area (Å²) in [5, 5.41) is 4.61. The Kier molecular flexibility index (Phi) is 4.56. The van der Waals surface area contributed by atoms with E-state index >= 15 is 0 Å². The monoisotopic (exact) mass is 381 g/mol. The summed E-state index contributed by atoms with van der Waals surface area (Å²) in [5.41, 5.74) is 4.59. The molecule has 144 valence electrons. The van der Waals surface area contributed by atoms with E-state index in [1.165, 1.54) is 29.5 Å². The molecule has 0 radical (unpaired) electrons. The molecule has 2 aromatic heterocycles. The summed E-state index contributed by atoms with van der Waals surface area (Å²) in [7, 11) is 2.07. The van der Waals surface area contributed by atoms with Gasteiger partial charge in [0, 0.05) is 31.2 Å². The van der Waals surface area contributed by atoms with Gasteiger partial charge in [-0.2, -0.15) is 0 Å². The maximum absolute atomic E-state index is 4.48. The van der Waals surface area contributed by atoms with Crippen LogP contribution < -0.4 is 10.2 Å². The standard InChI is InChI=1S/C24H23N5/c1-29(23-7-2-3-12-25-23)15-17-5-4-6-18(13-17)19-8-11-22-21(14-19)24(27-16-26-22)28-20-9-10-20/h2-8,11-14,16,20H,9-10,15H2,1H3,(H,26,27,28).